The van der Waals surface area contributed by atoms with Crippen LogP contribution in [0.15, 0.2) is 24.3 Å². The normalized spacial score (nSPS) is 11.9. The first-order chi connectivity index (χ1) is 7.70. The predicted molar refractivity (Wildman–Crippen MR) is 62.7 cm³/mol. The van der Waals surface area contributed by atoms with Crippen molar-refractivity contribution in [1.82, 2.24) is 0 Å². The number of carbonyl (C=O) groups is 1. The van der Waals surface area contributed by atoms with Crippen LogP contribution < -0.4 is 4.74 Å². The Morgan fingerprint density at radius 1 is 1.25 bits per heavy atom. The zero-order valence-electron chi connectivity index (χ0n) is 10.0. The number of ether oxygens (including phenoxy) is 2. The van der Waals surface area contributed by atoms with E-state index in [0.717, 1.165) is 11.3 Å². The third-order valence-electron chi connectivity index (χ3n) is 2.33. The first-order valence-corrected chi connectivity index (χ1v) is 5.59. The molecule has 0 saturated carbocycles. The highest BCUT2D eigenvalue weighted by molar-refractivity contribution is 5.78. The summed E-state index contributed by atoms with van der Waals surface area (Å²) in [6.07, 6.45) is 0. The number of esters is 1. The molecule has 1 atom stereocenters. The number of hydrogen-bond donors (Lipinski definition) is 0. The van der Waals surface area contributed by atoms with Crippen LogP contribution in [0.3, 0.4) is 0 Å². The molecule has 0 aliphatic rings. The van der Waals surface area contributed by atoms with Gasteiger partial charge in [-0.05, 0) is 26.8 Å². The van der Waals surface area contributed by atoms with Crippen molar-refractivity contribution < 1.29 is 14.3 Å². The Kier molecular flexibility index (Phi) is 4.83. The monoisotopic (exact) mass is 222 g/mol. The van der Waals surface area contributed by atoms with Crippen molar-refractivity contribution in [2.45, 2.75) is 26.7 Å². The van der Waals surface area contributed by atoms with Crippen LogP contribution in [0.4, 0.5) is 0 Å². The molecule has 88 valence electrons. The molecule has 3 heteroatoms. The SMILES string of the molecule is CCOC(=O)C(C)c1ccccc1OCC. The zero-order valence-corrected chi connectivity index (χ0v) is 10.0. The third-order valence-corrected chi connectivity index (χ3v) is 2.33. The molecular weight excluding hydrogens is 204 g/mol. The maximum atomic E-state index is 11.6. The Bertz CT molecular complexity index is 347. The van der Waals surface area contributed by atoms with E-state index in [-0.39, 0.29) is 11.9 Å². The molecule has 1 aromatic carbocycles. The Morgan fingerprint density at radius 3 is 2.56 bits per heavy atom. The summed E-state index contributed by atoms with van der Waals surface area (Å²) in [6, 6.07) is 7.56. The number of rotatable bonds is 5. The van der Waals surface area contributed by atoms with Crippen molar-refractivity contribution in [3.63, 3.8) is 0 Å². The summed E-state index contributed by atoms with van der Waals surface area (Å²) in [7, 11) is 0. The average Bonchev–Trinajstić information content (AvgIpc) is 2.29. The lowest BCUT2D eigenvalue weighted by molar-refractivity contribution is -0.144. The first kappa shape index (κ1) is 12.6. The Hall–Kier alpha value is -1.51. The molecule has 0 N–H and O–H groups in total. The average molecular weight is 222 g/mol. The molecule has 0 aliphatic heterocycles. The fourth-order valence-corrected chi connectivity index (χ4v) is 1.52. The van der Waals surface area contributed by atoms with E-state index >= 15 is 0 Å². The van der Waals surface area contributed by atoms with Crippen molar-refractivity contribution in [3.8, 4) is 5.75 Å². The van der Waals surface area contributed by atoms with Gasteiger partial charge in [0.1, 0.15) is 5.75 Å². The summed E-state index contributed by atoms with van der Waals surface area (Å²) in [4.78, 5) is 11.6. The van der Waals surface area contributed by atoms with Crippen LogP contribution >= 0.6 is 0 Å². The van der Waals surface area contributed by atoms with Crippen molar-refractivity contribution in [1.29, 1.82) is 0 Å². The van der Waals surface area contributed by atoms with E-state index in [1.807, 2.05) is 38.1 Å². The van der Waals surface area contributed by atoms with Gasteiger partial charge in [0, 0.05) is 5.56 Å². The number of benzene rings is 1. The van der Waals surface area contributed by atoms with Gasteiger partial charge < -0.3 is 9.47 Å². The summed E-state index contributed by atoms with van der Waals surface area (Å²) < 4.78 is 10.5. The lowest BCUT2D eigenvalue weighted by Gasteiger charge is -2.15. The van der Waals surface area contributed by atoms with E-state index in [2.05, 4.69) is 0 Å². The summed E-state index contributed by atoms with van der Waals surface area (Å²) in [5.74, 6) is 0.253. The van der Waals surface area contributed by atoms with Gasteiger partial charge in [0.05, 0.1) is 19.1 Å². The number of carbonyl (C=O) groups excluding carboxylic acids is 1. The maximum Gasteiger partial charge on any atom is 0.313 e. The van der Waals surface area contributed by atoms with Crippen LogP contribution in [-0.2, 0) is 9.53 Å². The van der Waals surface area contributed by atoms with Crippen molar-refractivity contribution in [2.75, 3.05) is 13.2 Å². The van der Waals surface area contributed by atoms with Gasteiger partial charge in [-0.25, -0.2) is 0 Å². The number of para-hydroxylation sites is 1. The van der Waals surface area contributed by atoms with Crippen molar-refractivity contribution in [2.24, 2.45) is 0 Å². The van der Waals surface area contributed by atoms with E-state index in [1.165, 1.54) is 0 Å². The second-order valence-corrected chi connectivity index (χ2v) is 3.44. The van der Waals surface area contributed by atoms with E-state index in [1.54, 1.807) is 6.92 Å². The molecule has 0 saturated heterocycles. The molecule has 1 rings (SSSR count). The first-order valence-electron chi connectivity index (χ1n) is 5.59. The summed E-state index contributed by atoms with van der Waals surface area (Å²) >= 11 is 0. The fraction of sp³-hybridized carbons (Fsp3) is 0.462. The molecule has 0 fully saturated rings. The van der Waals surface area contributed by atoms with Crippen molar-refractivity contribution in [3.05, 3.63) is 29.8 Å². The minimum atomic E-state index is -0.289. The Labute approximate surface area is 96.4 Å². The summed E-state index contributed by atoms with van der Waals surface area (Å²) in [5.41, 5.74) is 0.878. The van der Waals surface area contributed by atoms with Crippen LogP contribution in [0.5, 0.6) is 5.75 Å². The minimum Gasteiger partial charge on any atom is -0.494 e. The highest BCUT2D eigenvalue weighted by atomic mass is 16.5. The van der Waals surface area contributed by atoms with Gasteiger partial charge in [-0.1, -0.05) is 18.2 Å². The van der Waals surface area contributed by atoms with Gasteiger partial charge in [-0.15, -0.1) is 0 Å². The quantitative estimate of drug-likeness (QED) is 0.719. The molecule has 0 aromatic heterocycles. The van der Waals surface area contributed by atoms with Crippen LogP contribution in [0.1, 0.15) is 32.3 Å². The maximum absolute atomic E-state index is 11.6. The fourth-order valence-electron chi connectivity index (χ4n) is 1.52. The standard InChI is InChI=1S/C13H18O3/c1-4-15-12-9-7-6-8-11(12)10(3)13(14)16-5-2/h6-10H,4-5H2,1-3H3. The molecule has 3 nitrogen and oxygen atoms in total. The molecule has 1 unspecified atom stereocenters. The van der Waals surface area contributed by atoms with E-state index in [4.69, 9.17) is 9.47 Å². The lowest BCUT2D eigenvalue weighted by atomic mass is 10.0. The largest absolute Gasteiger partial charge is 0.494 e. The van der Waals surface area contributed by atoms with Crippen molar-refractivity contribution >= 4 is 5.97 Å². The van der Waals surface area contributed by atoms with E-state index in [0.29, 0.717) is 13.2 Å². The van der Waals surface area contributed by atoms with Crippen LogP contribution in [-0.4, -0.2) is 19.2 Å². The van der Waals surface area contributed by atoms with Gasteiger partial charge in [-0.3, -0.25) is 4.79 Å². The molecule has 0 spiro atoms. The molecule has 0 aliphatic carbocycles. The van der Waals surface area contributed by atoms with E-state index < -0.39 is 0 Å². The topological polar surface area (TPSA) is 35.5 Å². The second-order valence-electron chi connectivity index (χ2n) is 3.44. The minimum absolute atomic E-state index is 0.213. The zero-order chi connectivity index (χ0) is 12.0. The number of hydrogen-bond acceptors (Lipinski definition) is 3. The second kappa shape index (κ2) is 6.16. The highest BCUT2D eigenvalue weighted by Gasteiger charge is 2.19. The molecule has 0 amide bonds. The van der Waals surface area contributed by atoms with Crippen LogP contribution in [0, 0.1) is 0 Å². The Morgan fingerprint density at radius 2 is 1.94 bits per heavy atom. The van der Waals surface area contributed by atoms with Gasteiger partial charge in [0.25, 0.3) is 0 Å². The van der Waals surface area contributed by atoms with Gasteiger partial charge in [-0.2, -0.15) is 0 Å². The van der Waals surface area contributed by atoms with Crippen LogP contribution in [0.2, 0.25) is 0 Å². The van der Waals surface area contributed by atoms with Gasteiger partial charge >= 0.3 is 5.97 Å². The molecule has 0 heterocycles. The molecule has 16 heavy (non-hydrogen) atoms. The summed E-state index contributed by atoms with van der Waals surface area (Å²) in [6.45, 7) is 6.55. The lowest BCUT2D eigenvalue weighted by Crippen LogP contribution is -2.14. The molecular formula is C13H18O3. The predicted octanol–water partition coefficient (Wildman–Crippen LogP) is 2.75. The Balaban J connectivity index is 2.89. The van der Waals surface area contributed by atoms with Gasteiger partial charge in [0.2, 0.25) is 0 Å². The summed E-state index contributed by atoms with van der Waals surface area (Å²) in [5, 5.41) is 0. The highest BCUT2D eigenvalue weighted by Crippen LogP contribution is 2.27. The smallest absolute Gasteiger partial charge is 0.313 e. The molecule has 1 aromatic rings. The molecule has 0 radical (unpaired) electrons. The molecule has 0 bridgehead atoms. The van der Waals surface area contributed by atoms with E-state index in [9.17, 15) is 4.79 Å². The third kappa shape index (κ3) is 2.99. The van der Waals surface area contributed by atoms with Crippen LogP contribution in [0.25, 0.3) is 0 Å². The van der Waals surface area contributed by atoms with Gasteiger partial charge in [0.15, 0.2) is 0 Å².